The van der Waals surface area contributed by atoms with Crippen molar-refractivity contribution in [2.24, 2.45) is 0 Å². The highest BCUT2D eigenvalue weighted by molar-refractivity contribution is 7.99. The SMILES string of the molecule is N#Cc1cccc2c1nc(CCl)n2C1CCCSC1. The summed E-state index contributed by atoms with van der Waals surface area (Å²) in [6.45, 7) is 0. The Hall–Kier alpha value is -1.18. The van der Waals surface area contributed by atoms with E-state index in [0.717, 1.165) is 22.6 Å². The van der Waals surface area contributed by atoms with Gasteiger partial charge in [-0.1, -0.05) is 6.07 Å². The van der Waals surface area contributed by atoms with Crippen LogP contribution in [0, 0.1) is 11.3 Å². The molecule has 1 aromatic heterocycles. The Labute approximate surface area is 121 Å². The predicted molar refractivity (Wildman–Crippen MR) is 79.6 cm³/mol. The summed E-state index contributed by atoms with van der Waals surface area (Å²) in [4.78, 5) is 4.58. The second-order valence-electron chi connectivity index (χ2n) is 4.69. The molecule has 19 heavy (non-hydrogen) atoms. The van der Waals surface area contributed by atoms with Gasteiger partial charge in [-0.25, -0.2) is 4.98 Å². The molecule has 0 N–H and O–H groups in total. The van der Waals surface area contributed by atoms with Crippen LogP contribution in [0.4, 0.5) is 0 Å². The van der Waals surface area contributed by atoms with Crippen LogP contribution >= 0.6 is 23.4 Å². The lowest BCUT2D eigenvalue weighted by Gasteiger charge is -2.24. The highest BCUT2D eigenvalue weighted by Gasteiger charge is 2.22. The van der Waals surface area contributed by atoms with E-state index in [0.29, 0.717) is 17.5 Å². The van der Waals surface area contributed by atoms with Crippen LogP contribution in [0.5, 0.6) is 0 Å². The lowest BCUT2D eigenvalue weighted by atomic mass is 10.1. The maximum absolute atomic E-state index is 9.18. The Kier molecular flexibility index (Phi) is 3.67. The number of aromatic nitrogens is 2. The van der Waals surface area contributed by atoms with Gasteiger partial charge in [-0.3, -0.25) is 0 Å². The highest BCUT2D eigenvalue weighted by Crippen LogP contribution is 2.32. The molecule has 0 aliphatic carbocycles. The Bertz CT molecular complexity index is 638. The quantitative estimate of drug-likeness (QED) is 0.792. The number of hydrogen-bond donors (Lipinski definition) is 0. The van der Waals surface area contributed by atoms with Gasteiger partial charge in [0.2, 0.25) is 0 Å². The Morgan fingerprint density at radius 1 is 1.53 bits per heavy atom. The van der Waals surface area contributed by atoms with E-state index in [9.17, 15) is 5.26 Å². The van der Waals surface area contributed by atoms with E-state index < -0.39 is 0 Å². The van der Waals surface area contributed by atoms with Crippen molar-refractivity contribution in [1.29, 1.82) is 5.26 Å². The summed E-state index contributed by atoms with van der Waals surface area (Å²) in [5.74, 6) is 3.61. The Balaban J connectivity index is 2.19. The van der Waals surface area contributed by atoms with Crippen LogP contribution in [-0.2, 0) is 5.88 Å². The maximum atomic E-state index is 9.18. The standard InChI is InChI=1S/C14H14ClN3S/c15-7-13-17-14-10(8-16)3-1-5-12(14)18(13)11-4-2-6-19-9-11/h1,3,5,11H,2,4,6-7,9H2. The summed E-state index contributed by atoms with van der Waals surface area (Å²) < 4.78 is 2.25. The smallest absolute Gasteiger partial charge is 0.125 e. The van der Waals surface area contributed by atoms with Crippen molar-refractivity contribution >= 4 is 34.4 Å². The fraction of sp³-hybridized carbons (Fsp3) is 0.429. The number of nitriles is 1. The van der Waals surface area contributed by atoms with Crippen LogP contribution in [-0.4, -0.2) is 21.1 Å². The van der Waals surface area contributed by atoms with Crippen LogP contribution in [0.1, 0.15) is 30.3 Å². The third-order valence-electron chi connectivity index (χ3n) is 3.53. The number of imidazole rings is 1. The lowest BCUT2D eigenvalue weighted by molar-refractivity contribution is 0.499. The molecule has 0 bridgehead atoms. The topological polar surface area (TPSA) is 41.6 Å². The first-order valence-electron chi connectivity index (χ1n) is 6.38. The molecule has 98 valence electrons. The summed E-state index contributed by atoms with van der Waals surface area (Å²) in [5.41, 5.74) is 2.46. The average Bonchev–Trinajstić information content (AvgIpc) is 2.86. The van der Waals surface area contributed by atoms with Crippen molar-refractivity contribution in [2.45, 2.75) is 24.8 Å². The van der Waals surface area contributed by atoms with Gasteiger partial charge in [0.1, 0.15) is 17.4 Å². The van der Waals surface area contributed by atoms with Crippen LogP contribution in [0.3, 0.4) is 0 Å². The summed E-state index contributed by atoms with van der Waals surface area (Å²) in [5, 5.41) is 9.18. The second kappa shape index (κ2) is 5.44. The molecule has 1 saturated heterocycles. The molecule has 3 nitrogen and oxygen atoms in total. The summed E-state index contributed by atoms with van der Waals surface area (Å²) in [6, 6.07) is 8.44. The van der Waals surface area contributed by atoms with Crippen LogP contribution < -0.4 is 0 Å². The molecule has 1 atom stereocenters. The second-order valence-corrected chi connectivity index (χ2v) is 6.10. The van der Waals surface area contributed by atoms with Gasteiger partial charge >= 0.3 is 0 Å². The van der Waals surface area contributed by atoms with Gasteiger partial charge in [0.25, 0.3) is 0 Å². The zero-order chi connectivity index (χ0) is 13.2. The largest absolute Gasteiger partial charge is 0.323 e. The van der Waals surface area contributed by atoms with Gasteiger partial charge in [0, 0.05) is 11.8 Å². The van der Waals surface area contributed by atoms with E-state index in [4.69, 9.17) is 11.6 Å². The molecule has 1 unspecified atom stereocenters. The molecule has 1 fully saturated rings. The normalized spacial score (nSPS) is 19.5. The molecule has 0 spiro atoms. The Morgan fingerprint density at radius 3 is 3.11 bits per heavy atom. The zero-order valence-corrected chi connectivity index (χ0v) is 12.0. The minimum absolute atomic E-state index is 0.390. The molecule has 3 rings (SSSR count). The van der Waals surface area contributed by atoms with Crippen molar-refractivity contribution in [3.63, 3.8) is 0 Å². The number of hydrogen-bond acceptors (Lipinski definition) is 3. The van der Waals surface area contributed by atoms with E-state index in [1.807, 2.05) is 30.0 Å². The van der Waals surface area contributed by atoms with Gasteiger partial charge in [0.05, 0.1) is 17.0 Å². The fourth-order valence-corrected chi connectivity index (χ4v) is 4.00. The minimum Gasteiger partial charge on any atom is -0.323 e. The molecule has 5 heteroatoms. The third kappa shape index (κ3) is 2.22. The van der Waals surface area contributed by atoms with Crippen LogP contribution in [0.2, 0.25) is 0 Å². The predicted octanol–water partition coefficient (Wildman–Crippen LogP) is 3.71. The van der Waals surface area contributed by atoms with E-state index in [1.165, 1.54) is 18.6 Å². The molecule has 0 saturated carbocycles. The third-order valence-corrected chi connectivity index (χ3v) is 4.97. The van der Waals surface area contributed by atoms with Crippen molar-refractivity contribution in [3.05, 3.63) is 29.6 Å². The number of para-hydroxylation sites is 1. The summed E-state index contributed by atoms with van der Waals surface area (Å²) in [6.07, 6.45) is 2.40. The van der Waals surface area contributed by atoms with E-state index in [-0.39, 0.29) is 0 Å². The van der Waals surface area contributed by atoms with Gasteiger partial charge < -0.3 is 4.57 Å². The average molecular weight is 292 g/mol. The Morgan fingerprint density at radius 2 is 2.42 bits per heavy atom. The van der Waals surface area contributed by atoms with Crippen molar-refractivity contribution in [2.75, 3.05) is 11.5 Å². The number of benzene rings is 1. The van der Waals surface area contributed by atoms with Crippen LogP contribution in [0.15, 0.2) is 18.2 Å². The van der Waals surface area contributed by atoms with E-state index in [1.54, 1.807) is 0 Å². The first kappa shape index (κ1) is 12.8. The molecular formula is C14H14ClN3S. The molecule has 1 aliphatic rings. The monoisotopic (exact) mass is 291 g/mol. The first-order chi connectivity index (χ1) is 9.35. The van der Waals surface area contributed by atoms with Crippen molar-refractivity contribution < 1.29 is 0 Å². The molecule has 2 heterocycles. The van der Waals surface area contributed by atoms with Gasteiger partial charge in [-0.05, 0) is 30.7 Å². The van der Waals surface area contributed by atoms with Crippen LogP contribution in [0.25, 0.3) is 11.0 Å². The number of halogens is 1. The zero-order valence-electron chi connectivity index (χ0n) is 10.5. The molecule has 1 aliphatic heterocycles. The molecule has 1 aromatic carbocycles. The number of fused-ring (bicyclic) bond motifs is 1. The molecular weight excluding hydrogens is 278 g/mol. The molecule has 2 aromatic rings. The van der Waals surface area contributed by atoms with Gasteiger partial charge in [-0.15, -0.1) is 11.6 Å². The first-order valence-corrected chi connectivity index (χ1v) is 8.07. The summed E-state index contributed by atoms with van der Waals surface area (Å²) >= 11 is 8.03. The number of rotatable bonds is 2. The van der Waals surface area contributed by atoms with Crippen molar-refractivity contribution in [3.8, 4) is 6.07 Å². The number of thioether (sulfide) groups is 1. The maximum Gasteiger partial charge on any atom is 0.125 e. The highest BCUT2D eigenvalue weighted by atomic mass is 35.5. The minimum atomic E-state index is 0.390. The summed E-state index contributed by atoms with van der Waals surface area (Å²) in [7, 11) is 0. The lowest BCUT2D eigenvalue weighted by Crippen LogP contribution is -2.17. The van der Waals surface area contributed by atoms with E-state index >= 15 is 0 Å². The van der Waals surface area contributed by atoms with E-state index in [2.05, 4.69) is 15.6 Å². The van der Waals surface area contributed by atoms with Crippen molar-refractivity contribution in [1.82, 2.24) is 9.55 Å². The number of nitrogens with zero attached hydrogens (tertiary/aromatic N) is 3. The number of alkyl halides is 1. The molecule has 0 radical (unpaired) electrons. The molecule has 0 amide bonds. The van der Waals surface area contributed by atoms with Gasteiger partial charge in [0.15, 0.2) is 0 Å². The van der Waals surface area contributed by atoms with Gasteiger partial charge in [-0.2, -0.15) is 17.0 Å². The fourth-order valence-electron chi connectivity index (χ4n) is 2.68.